The molecule has 1 aliphatic heterocycles. The lowest BCUT2D eigenvalue weighted by molar-refractivity contribution is -0.104. The van der Waals surface area contributed by atoms with Gasteiger partial charge in [-0.1, -0.05) is 15.9 Å². The summed E-state index contributed by atoms with van der Waals surface area (Å²) in [6.07, 6.45) is 1.74. The number of hydrogen-bond donors (Lipinski definition) is 0. The molecule has 0 atom stereocenters. The van der Waals surface area contributed by atoms with Crippen LogP contribution in [-0.4, -0.2) is 14.7 Å². The third-order valence-electron chi connectivity index (χ3n) is 1.99. The number of fused-ring (bicyclic) bond motifs is 1. The van der Waals surface area contributed by atoms with Crippen LogP contribution in [0.3, 0.4) is 0 Å². The molecule has 0 aromatic heterocycles. The highest BCUT2D eigenvalue weighted by molar-refractivity contribution is 9.10. The van der Waals surface area contributed by atoms with Gasteiger partial charge in [-0.3, -0.25) is 4.79 Å². The Morgan fingerprint density at radius 1 is 1.29 bits per heavy atom. The predicted molar refractivity (Wildman–Crippen MR) is 55.4 cm³/mol. The van der Waals surface area contributed by atoms with E-state index in [1.165, 1.54) is 12.1 Å². The Hall–Kier alpha value is -0.940. The number of benzene rings is 1. The average Bonchev–Trinajstić information content (AvgIpc) is 2.37. The average molecular weight is 273 g/mol. The molecule has 0 fully saturated rings. The quantitative estimate of drug-likeness (QED) is 0.733. The number of allylic oxidation sites excluding steroid dienone is 1. The molecule has 0 unspecified atom stereocenters. The van der Waals surface area contributed by atoms with Gasteiger partial charge in [0, 0.05) is 4.47 Å². The fourth-order valence-corrected chi connectivity index (χ4v) is 3.05. The molecule has 1 aliphatic rings. The zero-order chi connectivity index (χ0) is 10.3. The molecule has 0 bridgehead atoms. The molecule has 1 aromatic rings. The molecule has 2 rings (SSSR count). The molecule has 72 valence electrons. The zero-order valence-corrected chi connectivity index (χ0v) is 9.30. The Kier molecular flexibility index (Phi) is 2.08. The third kappa shape index (κ3) is 1.24. The van der Waals surface area contributed by atoms with Crippen molar-refractivity contribution < 1.29 is 13.2 Å². The van der Waals surface area contributed by atoms with Gasteiger partial charge in [0.15, 0.2) is 6.29 Å². The Morgan fingerprint density at radius 3 is 2.64 bits per heavy atom. The summed E-state index contributed by atoms with van der Waals surface area (Å²) >= 11 is 3.23. The molecule has 0 spiro atoms. The van der Waals surface area contributed by atoms with Gasteiger partial charge >= 0.3 is 0 Å². The topological polar surface area (TPSA) is 51.2 Å². The molecule has 0 saturated carbocycles. The molecule has 0 radical (unpaired) electrons. The van der Waals surface area contributed by atoms with Gasteiger partial charge in [0.05, 0.1) is 4.90 Å². The third-order valence-corrected chi connectivity index (χ3v) is 4.26. The Bertz CT molecular complexity index is 543. The second kappa shape index (κ2) is 3.03. The molecular formula is C9H5BrO3S. The second-order valence-corrected chi connectivity index (χ2v) is 5.68. The molecule has 1 heterocycles. The van der Waals surface area contributed by atoms with Gasteiger partial charge in [-0.05, 0) is 29.8 Å². The van der Waals surface area contributed by atoms with Crippen LogP contribution in [0.1, 0.15) is 5.56 Å². The van der Waals surface area contributed by atoms with Crippen molar-refractivity contribution in [3.05, 3.63) is 33.1 Å². The molecular weight excluding hydrogens is 268 g/mol. The number of halogens is 1. The van der Waals surface area contributed by atoms with Crippen molar-refractivity contribution in [3.63, 3.8) is 0 Å². The lowest BCUT2D eigenvalue weighted by Gasteiger charge is -1.98. The van der Waals surface area contributed by atoms with Crippen LogP contribution in [0, 0.1) is 0 Å². The molecule has 3 nitrogen and oxygen atoms in total. The SMILES string of the molecule is O=CC1=Cc2cc(Br)ccc2S1(=O)=O. The van der Waals surface area contributed by atoms with Crippen molar-refractivity contribution >= 4 is 38.1 Å². The molecule has 0 aliphatic carbocycles. The molecule has 14 heavy (non-hydrogen) atoms. The van der Waals surface area contributed by atoms with Crippen LogP contribution in [0.25, 0.3) is 6.08 Å². The first-order valence-electron chi connectivity index (χ1n) is 3.77. The van der Waals surface area contributed by atoms with E-state index in [0.717, 1.165) is 4.47 Å². The van der Waals surface area contributed by atoms with Crippen molar-refractivity contribution in [1.82, 2.24) is 0 Å². The van der Waals surface area contributed by atoms with Gasteiger partial charge in [-0.2, -0.15) is 0 Å². The van der Waals surface area contributed by atoms with E-state index >= 15 is 0 Å². The van der Waals surface area contributed by atoms with Gasteiger partial charge in [0.2, 0.25) is 9.84 Å². The van der Waals surface area contributed by atoms with E-state index in [4.69, 9.17) is 0 Å². The molecule has 1 aromatic carbocycles. The maximum atomic E-state index is 11.6. The zero-order valence-electron chi connectivity index (χ0n) is 6.90. The highest BCUT2D eigenvalue weighted by atomic mass is 79.9. The first kappa shape index (κ1) is 9.61. The van der Waals surface area contributed by atoms with Gasteiger partial charge in [0.25, 0.3) is 0 Å². The van der Waals surface area contributed by atoms with Crippen LogP contribution in [-0.2, 0) is 14.6 Å². The number of carbonyl (C=O) groups excluding carboxylic acids is 1. The fourth-order valence-electron chi connectivity index (χ4n) is 1.33. The smallest absolute Gasteiger partial charge is 0.210 e. The lowest BCUT2D eigenvalue weighted by Crippen LogP contribution is -2.00. The Labute approximate surface area is 89.5 Å². The standard InChI is InChI=1S/C9H5BrO3S/c10-7-1-2-9-6(3-7)4-8(5-11)14(9,12)13/h1-5H. The first-order valence-corrected chi connectivity index (χ1v) is 6.05. The number of sulfone groups is 1. The highest BCUT2D eigenvalue weighted by Crippen LogP contribution is 2.33. The van der Waals surface area contributed by atoms with Crippen LogP contribution in [0.2, 0.25) is 0 Å². The maximum Gasteiger partial charge on any atom is 0.210 e. The number of hydrogen-bond acceptors (Lipinski definition) is 3. The summed E-state index contributed by atoms with van der Waals surface area (Å²) in [6.45, 7) is 0. The second-order valence-electron chi connectivity index (χ2n) is 2.85. The van der Waals surface area contributed by atoms with E-state index in [2.05, 4.69) is 15.9 Å². The first-order chi connectivity index (χ1) is 6.55. The minimum absolute atomic E-state index is 0.175. The minimum Gasteiger partial charge on any atom is -0.297 e. The van der Waals surface area contributed by atoms with Gasteiger partial charge in [-0.25, -0.2) is 8.42 Å². The normalized spacial score (nSPS) is 17.4. The van der Waals surface area contributed by atoms with E-state index in [0.29, 0.717) is 11.8 Å². The maximum absolute atomic E-state index is 11.6. The van der Waals surface area contributed by atoms with Gasteiger partial charge in [0.1, 0.15) is 4.91 Å². The summed E-state index contributed by atoms with van der Waals surface area (Å²) in [7, 11) is -3.54. The summed E-state index contributed by atoms with van der Waals surface area (Å²) in [6, 6.07) is 4.79. The summed E-state index contributed by atoms with van der Waals surface area (Å²) < 4.78 is 24.0. The Morgan fingerprint density at radius 2 is 2.00 bits per heavy atom. The highest BCUT2D eigenvalue weighted by Gasteiger charge is 2.28. The van der Waals surface area contributed by atoms with Crippen LogP contribution < -0.4 is 0 Å². The van der Waals surface area contributed by atoms with E-state index in [-0.39, 0.29) is 9.80 Å². The summed E-state index contributed by atoms with van der Waals surface area (Å²) in [5.74, 6) is 0. The van der Waals surface area contributed by atoms with E-state index < -0.39 is 9.84 Å². The van der Waals surface area contributed by atoms with Crippen molar-refractivity contribution in [1.29, 1.82) is 0 Å². The van der Waals surface area contributed by atoms with Crippen molar-refractivity contribution in [2.45, 2.75) is 4.90 Å². The Balaban J connectivity index is 2.77. The number of rotatable bonds is 1. The largest absolute Gasteiger partial charge is 0.297 e. The van der Waals surface area contributed by atoms with E-state index in [1.807, 2.05) is 0 Å². The van der Waals surface area contributed by atoms with Crippen LogP contribution in [0.4, 0.5) is 0 Å². The number of aldehydes is 1. The molecule has 0 N–H and O–H groups in total. The lowest BCUT2D eigenvalue weighted by atomic mass is 10.2. The summed E-state index contributed by atoms with van der Waals surface area (Å²) in [5.41, 5.74) is 0.557. The van der Waals surface area contributed by atoms with E-state index in [9.17, 15) is 13.2 Å². The van der Waals surface area contributed by atoms with Gasteiger partial charge in [-0.15, -0.1) is 0 Å². The van der Waals surface area contributed by atoms with Crippen LogP contribution in [0.5, 0.6) is 0 Å². The van der Waals surface area contributed by atoms with Crippen molar-refractivity contribution in [2.24, 2.45) is 0 Å². The monoisotopic (exact) mass is 272 g/mol. The van der Waals surface area contributed by atoms with Crippen LogP contribution >= 0.6 is 15.9 Å². The molecule has 0 saturated heterocycles. The van der Waals surface area contributed by atoms with Crippen LogP contribution in [0.15, 0.2) is 32.5 Å². The van der Waals surface area contributed by atoms with Gasteiger partial charge < -0.3 is 0 Å². The summed E-state index contributed by atoms with van der Waals surface area (Å²) in [4.78, 5) is 10.5. The minimum atomic E-state index is -3.54. The summed E-state index contributed by atoms with van der Waals surface area (Å²) in [5, 5.41) is 0. The van der Waals surface area contributed by atoms with Crippen molar-refractivity contribution in [2.75, 3.05) is 0 Å². The molecule has 0 amide bonds. The predicted octanol–water partition coefficient (Wildman–Crippen LogP) is 1.78. The van der Waals surface area contributed by atoms with Crippen molar-refractivity contribution in [3.8, 4) is 0 Å². The number of carbonyl (C=O) groups is 1. The molecule has 5 heteroatoms. The van der Waals surface area contributed by atoms with E-state index in [1.54, 1.807) is 12.1 Å². The fraction of sp³-hybridized carbons (Fsp3) is 0.